The van der Waals surface area contributed by atoms with Crippen molar-refractivity contribution >= 4 is 5.97 Å². The second kappa shape index (κ2) is 4.58. The summed E-state index contributed by atoms with van der Waals surface area (Å²) >= 11 is 0. The molecule has 6 heteroatoms. The number of carboxylic acids is 1. The zero-order valence-electron chi connectivity index (χ0n) is 6.39. The number of hydrogen-bond donors (Lipinski definition) is 4. The molecule has 0 amide bonds. The Labute approximate surface area is 68.3 Å². The largest absolute Gasteiger partial charge is 0.499 e. The first kappa shape index (κ1) is 10.7. The highest BCUT2D eigenvalue weighted by atomic mass is 16.5. The third-order valence-corrected chi connectivity index (χ3v) is 1.13. The molecular weight excluding hydrogens is 168 g/mol. The molecule has 70 valence electrons. The van der Waals surface area contributed by atoms with E-state index in [4.69, 9.17) is 20.4 Å². The van der Waals surface area contributed by atoms with Gasteiger partial charge in [0.25, 0.3) is 0 Å². The van der Waals surface area contributed by atoms with Crippen molar-refractivity contribution in [2.75, 3.05) is 13.7 Å². The van der Waals surface area contributed by atoms with Gasteiger partial charge in [-0.2, -0.15) is 0 Å². The Morgan fingerprint density at radius 3 is 2.25 bits per heavy atom. The first-order chi connectivity index (χ1) is 5.54. The molecule has 1 unspecified atom stereocenters. The molecule has 0 aromatic rings. The number of aliphatic hydroxyl groups is 3. The van der Waals surface area contributed by atoms with Crippen LogP contribution in [-0.4, -0.2) is 46.2 Å². The standard InChI is InChI=1S/C6H10O6/c1-12-5(3(8)2-7)4(9)6(10)11/h3,7-9H,2H2,1H3,(H,10,11)/b5-4+. The topological polar surface area (TPSA) is 107 Å². The Hall–Kier alpha value is -1.27. The predicted molar refractivity (Wildman–Crippen MR) is 37.4 cm³/mol. The van der Waals surface area contributed by atoms with Crippen molar-refractivity contribution in [1.29, 1.82) is 0 Å². The summed E-state index contributed by atoms with van der Waals surface area (Å²) in [5, 5.41) is 34.3. The van der Waals surface area contributed by atoms with Crippen LogP contribution in [0.2, 0.25) is 0 Å². The van der Waals surface area contributed by atoms with Gasteiger partial charge in [0, 0.05) is 0 Å². The summed E-state index contributed by atoms with van der Waals surface area (Å²) in [5.41, 5.74) is 0. The van der Waals surface area contributed by atoms with Crippen LogP contribution >= 0.6 is 0 Å². The first-order valence-corrected chi connectivity index (χ1v) is 3.04. The molecule has 4 N–H and O–H groups in total. The fraction of sp³-hybridized carbons (Fsp3) is 0.500. The number of methoxy groups -OCH3 is 1. The Balaban J connectivity index is 4.72. The molecular formula is C6H10O6. The van der Waals surface area contributed by atoms with Crippen molar-refractivity contribution in [1.82, 2.24) is 0 Å². The highest BCUT2D eigenvalue weighted by molar-refractivity contribution is 5.84. The summed E-state index contributed by atoms with van der Waals surface area (Å²) in [6.45, 7) is -0.722. The summed E-state index contributed by atoms with van der Waals surface area (Å²) in [4.78, 5) is 10.1. The molecule has 0 rings (SSSR count). The molecule has 0 radical (unpaired) electrons. The minimum Gasteiger partial charge on any atom is -0.499 e. The average molecular weight is 178 g/mol. The van der Waals surface area contributed by atoms with Gasteiger partial charge in [0.15, 0.2) is 5.76 Å². The summed E-state index contributed by atoms with van der Waals surface area (Å²) in [7, 11) is 1.08. The highest BCUT2D eigenvalue weighted by Crippen LogP contribution is 2.07. The third kappa shape index (κ3) is 2.40. The maximum absolute atomic E-state index is 10.1. The van der Waals surface area contributed by atoms with E-state index in [1.807, 2.05) is 0 Å². The van der Waals surface area contributed by atoms with Gasteiger partial charge >= 0.3 is 5.97 Å². The van der Waals surface area contributed by atoms with Crippen molar-refractivity contribution in [3.05, 3.63) is 11.5 Å². The summed E-state index contributed by atoms with van der Waals surface area (Å²) < 4.78 is 4.36. The lowest BCUT2D eigenvalue weighted by Gasteiger charge is -2.11. The molecule has 0 aromatic carbocycles. The molecule has 12 heavy (non-hydrogen) atoms. The maximum Gasteiger partial charge on any atom is 0.374 e. The van der Waals surface area contributed by atoms with Crippen LogP contribution in [0.5, 0.6) is 0 Å². The summed E-state index contributed by atoms with van der Waals surface area (Å²) in [6, 6.07) is 0. The molecule has 0 aliphatic carbocycles. The lowest BCUT2D eigenvalue weighted by Crippen LogP contribution is -2.21. The molecule has 0 aliphatic heterocycles. The van der Waals surface area contributed by atoms with E-state index in [1.165, 1.54) is 0 Å². The third-order valence-electron chi connectivity index (χ3n) is 1.13. The van der Waals surface area contributed by atoms with Crippen LogP contribution in [0.25, 0.3) is 0 Å². The number of aliphatic hydroxyl groups excluding tert-OH is 3. The molecule has 1 atom stereocenters. The fourth-order valence-electron chi connectivity index (χ4n) is 0.579. The van der Waals surface area contributed by atoms with E-state index in [0.717, 1.165) is 7.11 Å². The van der Waals surface area contributed by atoms with Crippen LogP contribution in [0.1, 0.15) is 0 Å². The van der Waals surface area contributed by atoms with Crippen molar-refractivity contribution in [2.45, 2.75) is 6.10 Å². The van der Waals surface area contributed by atoms with Crippen LogP contribution < -0.4 is 0 Å². The van der Waals surface area contributed by atoms with Crippen LogP contribution in [0.15, 0.2) is 11.5 Å². The predicted octanol–water partition coefficient (Wildman–Crippen LogP) is -1.16. The number of ether oxygens (including phenoxy) is 1. The van der Waals surface area contributed by atoms with Gasteiger partial charge in [-0.3, -0.25) is 0 Å². The normalized spacial score (nSPS) is 14.9. The Morgan fingerprint density at radius 1 is 1.50 bits per heavy atom. The van der Waals surface area contributed by atoms with E-state index in [0.29, 0.717) is 0 Å². The van der Waals surface area contributed by atoms with Gasteiger partial charge in [0.2, 0.25) is 5.76 Å². The summed E-state index contributed by atoms with van der Waals surface area (Å²) in [6.07, 6.45) is -1.52. The lowest BCUT2D eigenvalue weighted by molar-refractivity contribution is -0.136. The van der Waals surface area contributed by atoms with Crippen LogP contribution in [0.3, 0.4) is 0 Å². The van der Waals surface area contributed by atoms with Gasteiger partial charge in [0.1, 0.15) is 6.10 Å². The van der Waals surface area contributed by atoms with Crippen LogP contribution in [0, 0.1) is 0 Å². The first-order valence-electron chi connectivity index (χ1n) is 3.04. The molecule has 0 saturated heterocycles. The van der Waals surface area contributed by atoms with Gasteiger partial charge in [0.05, 0.1) is 13.7 Å². The molecule has 0 saturated carbocycles. The SMILES string of the molecule is CO/C(=C(/O)C(=O)O)C(O)CO. The Bertz CT molecular complexity index is 196. The van der Waals surface area contributed by atoms with Crippen molar-refractivity contribution < 1.29 is 30.0 Å². The van der Waals surface area contributed by atoms with E-state index >= 15 is 0 Å². The van der Waals surface area contributed by atoms with Gasteiger partial charge in [-0.25, -0.2) is 4.79 Å². The Morgan fingerprint density at radius 2 is 2.00 bits per heavy atom. The van der Waals surface area contributed by atoms with E-state index in [1.54, 1.807) is 0 Å². The van der Waals surface area contributed by atoms with Crippen LogP contribution in [-0.2, 0) is 9.53 Å². The van der Waals surface area contributed by atoms with E-state index < -0.39 is 30.2 Å². The number of rotatable bonds is 4. The number of carboxylic acid groups (broad SMARTS) is 1. The minimum atomic E-state index is -1.63. The molecule has 0 fully saturated rings. The Kier molecular flexibility index (Phi) is 4.09. The van der Waals surface area contributed by atoms with Gasteiger partial charge in [-0.1, -0.05) is 0 Å². The molecule has 0 aliphatic rings. The number of aliphatic carboxylic acids is 1. The molecule has 0 bridgehead atoms. The number of hydrogen-bond acceptors (Lipinski definition) is 5. The monoisotopic (exact) mass is 178 g/mol. The van der Waals surface area contributed by atoms with Gasteiger partial charge < -0.3 is 25.2 Å². The highest BCUT2D eigenvalue weighted by Gasteiger charge is 2.20. The maximum atomic E-state index is 10.1. The van der Waals surface area contributed by atoms with E-state index in [9.17, 15) is 4.79 Å². The van der Waals surface area contributed by atoms with E-state index in [2.05, 4.69) is 4.74 Å². The average Bonchev–Trinajstić information content (AvgIpc) is 2.05. The van der Waals surface area contributed by atoms with Crippen molar-refractivity contribution in [3.8, 4) is 0 Å². The fourth-order valence-corrected chi connectivity index (χ4v) is 0.579. The quantitative estimate of drug-likeness (QED) is 0.319. The van der Waals surface area contributed by atoms with E-state index in [-0.39, 0.29) is 0 Å². The zero-order chi connectivity index (χ0) is 9.72. The molecule has 6 nitrogen and oxygen atoms in total. The van der Waals surface area contributed by atoms with Crippen molar-refractivity contribution in [3.63, 3.8) is 0 Å². The zero-order valence-corrected chi connectivity index (χ0v) is 6.39. The number of carbonyl (C=O) groups is 1. The van der Waals surface area contributed by atoms with Gasteiger partial charge in [-0.05, 0) is 0 Å². The van der Waals surface area contributed by atoms with Gasteiger partial charge in [-0.15, -0.1) is 0 Å². The minimum absolute atomic E-state index is 0.565. The second-order valence-corrected chi connectivity index (χ2v) is 1.92. The second-order valence-electron chi connectivity index (χ2n) is 1.92. The van der Waals surface area contributed by atoms with Crippen LogP contribution in [0.4, 0.5) is 0 Å². The molecule has 0 heterocycles. The summed E-state index contributed by atoms with van der Waals surface area (Å²) in [5.74, 6) is -3.30. The smallest absolute Gasteiger partial charge is 0.374 e. The lowest BCUT2D eigenvalue weighted by atomic mass is 10.2. The molecule has 0 spiro atoms. The van der Waals surface area contributed by atoms with Crippen molar-refractivity contribution in [2.24, 2.45) is 0 Å². The molecule has 0 aromatic heterocycles.